The molecule has 1 saturated carbocycles. The summed E-state index contributed by atoms with van der Waals surface area (Å²) in [5, 5.41) is 12.0. The predicted molar refractivity (Wildman–Crippen MR) is 160 cm³/mol. The number of ether oxygens (including phenoxy) is 1. The number of carbonyl (C=O) groups is 1. The molecule has 0 spiro atoms. The quantitative estimate of drug-likeness (QED) is 0.410. The van der Waals surface area contributed by atoms with Crippen molar-refractivity contribution < 1.29 is 9.53 Å². The van der Waals surface area contributed by atoms with Crippen LogP contribution < -0.4 is 14.5 Å². The molecule has 1 aromatic heterocycles. The third-order valence-electron chi connectivity index (χ3n) is 8.77. The molecule has 0 N–H and O–H groups in total. The first-order chi connectivity index (χ1) is 19.9. The van der Waals surface area contributed by atoms with E-state index in [4.69, 9.17) is 14.7 Å². The van der Waals surface area contributed by atoms with Crippen LogP contribution in [0.2, 0.25) is 0 Å². The standard InChI is InChI=1S/C32H37N7O2/c1-4-30(40)39-17-16-38(20-23(39)12-14-33)31-27-13-15-37(29-11-7-9-22-8-5-6-10-26(22)29)21-28(27)34-32(35-31)41-25-18-24(19-25)36(2)3/h4-11,23-25H,1,12-13,15-21H2,2-3H3. The van der Waals surface area contributed by atoms with Gasteiger partial charge in [0.2, 0.25) is 5.91 Å². The molecule has 9 nitrogen and oxygen atoms in total. The van der Waals surface area contributed by atoms with E-state index in [1.165, 1.54) is 22.5 Å². The second kappa shape index (κ2) is 11.4. The number of hydrogen-bond acceptors (Lipinski definition) is 8. The lowest BCUT2D eigenvalue weighted by molar-refractivity contribution is -0.128. The van der Waals surface area contributed by atoms with Crippen LogP contribution in [0.4, 0.5) is 11.5 Å². The van der Waals surface area contributed by atoms with Crippen molar-refractivity contribution in [3.8, 4) is 12.1 Å². The maximum absolute atomic E-state index is 12.5. The monoisotopic (exact) mass is 551 g/mol. The van der Waals surface area contributed by atoms with Crippen LogP contribution >= 0.6 is 0 Å². The number of rotatable bonds is 7. The summed E-state index contributed by atoms with van der Waals surface area (Å²) in [5.74, 6) is 0.740. The first-order valence-corrected chi connectivity index (χ1v) is 14.5. The summed E-state index contributed by atoms with van der Waals surface area (Å²) in [6, 6.07) is 17.9. The van der Waals surface area contributed by atoms with Crippen molar-refractivity contribution in [3.05, 3.63) is 66.4 Å². The van der Waals surface area contributed by atoms with Gasteiger partial charge in [-0.05, 0) is 38.0 Å². The van der Waals surface area contributed by atoms with E-state index in [1.807, 2.05) is 0 Å². The van der Waals surface area contributed by atoms with Crippen LogP contribution in [0.3, 0.4) is 0 Å². The van der Waals surface area contributed by atoms with Crippen molar-refractivity contribution in [1.82, 2.24) is 19.8 Å². The van der Waals surface area contributed by atoms with Gasteiger partial charge < -0.3 is 24.3 Å². The van der Waals surface area contributed by atoms with Crippen molar-refractivity contribution in [2.24, 2.45) is 0 Å². The summed E-state index contributed by atoms with van der Waals surface area (Å²) in [6.45, 7) is 6.85. The summed E-state index contributed by atoms with van der Waals surface area (Å²) in [7, 11) is 4.20. The van der Waals surface area contributed by atoms with Gasteiger partial charge >= 0.3 is 6.01 Å². The molecule has 3 aliphatic rings. The van der Waals surface area contributed by atoms with Crippen LogP contribution in [0, 0.1) is 11.3 Å². The fraction of sp³-hybridized carbons (Fsp3) is 0.438. The minimum absolute atomic E-state index is 0.0967. The Hall–Kier alpha value is -4.16. The Morgan fingerprint density at radius 2 is 1.93 bits per heavy atom. The van der Waals surface area contributed by atoms with Gasteiger partial charge in [-0.1, -0.05) is 43.0 Å². The number of aromatic nitrogens is 2. The highest BCUT2D eigenvalue weighted by Gasteiger charge is 2.36. The van der Waals surface area contributed by atoms with E-state index in [1.54, 1.807) is 4.90 Å². The molecule has 3 heterocycles. The molecule has 1 amide bonds. The number of piperazine rings is 1. The summed E-state index contributed by atoms with van der Waals surface area (Å²) >= 11 is 0. The molecule has 41 heavy (non-hydrogen) atoms. The van der Waals surface area contributed by atoms with Crippen molar-refractivity contribution in [2.75, 3.05) is 50.1 Å². The molecule has 1 atom stereocenters. The van der Waals surface area contributed by atoms with Crippen LogP contribution in [0.1, 0.15) is 30.5 Å². The molecule has 6 rings (SSSR count). The molecular formula is C32H37N7O2. The fourth-order valence-corrected chi connectivity index (χ4v) is 6.33. The van der Waals surface area contributed by atoms with Crippen molar-refractivity contribution >= 4 is 28.2 Å². The SMILES string of the molecule is C=CC(=O)N1CCN(c2nc(OC3CC(N(C)C)C3)nc3c2CCN(c2cccc4ccccc24)C3)CC1CC#N. The lowest BCUT2D eigenvalue weighted by Crippen LogP contribution is -2.55. The zero-order valence-corrected chi connectivity index (χ0v) is 23.9. The zero-order valence-electron chi connectivity index (χ0n) is 23.9. The molecule has 212 valence electrons. The van der Waals surface area contributed by atoms with Gasteiger partial charge in [0.25, 0.3) is 0 Å². The normalized spacial score (nSPS) is 22.2. The van der Waals surface area contributed by atoms with Gasteiger partial charge in [0.1, 0.15) is 11.9 Å². The number of hydrogen-bond donors (Lipinski definition) is 0. The minimum atomic E-state index is -0.225. The average Bonchev–Trinajstić information content (AvgIpc) is 2.97. The highest BCUT2D eigenvalue weighted by molar-refractivity contribution is 5.94. The molecular weight excluding hydrogens is 514 g/mol. The number of anilines is 2. The number of amides is 1. The third kappa shape index (κ3) is 5.32. The zero-order chi connectivity index (χ0) is 28.5. The van der Waals surface area contributed by atoms with E-state index in [-0.39, 0.29) is 24.5 Å². The Kier molecular flexibility index (Phi) is 7.50. The Labute approximate surface area is 241 Å². The number of benzene rings is 2. The molecule has 0 radical (unpaired) electrons. The van der Waals surface area contributed by atoms with E-state index in [9.17, 15) is 10.1 Å². The van der Waals surface area contributed by atoms with Crippen LogP contribution in [0.25, 0.3) is 10.8 Å². The first kappa shape index (κ1) is 27.0. The Bertz CT molecular complexity index is 1490. The number of carbonyl (C=O) groups excluding carboxylic acids is 1. The summed E-state index contributed by atoms with van der Waals surface area (Å²) in [5.41, 5.74) is 3.32. The molecule has 2 aromatic carbocycles. The summed E-state index contributed by atoms with van der Waals surface area (Å²) in [4.78, 5) is 31.1. The first-order valence-electron chi connectivity index (χ1n) is 14.5. The van der Waals surface area contributed by atoms with Gasteiger partial charge in [-0.25, -0.2) is 0 Å². The topological polar surface area (TPSA) is 88.8 Å². The molecule has 1 saturated heterocycles. The lowest BCUT2D eigenvalue weighted by atomic mass is 9.88. The van der Waals surface area contributed by atoms with Gasteiger partial charge in [0.05, 0.1) is 30.8 Å². The molecule has 2 aliphatic heterocycles. The smallest absolute Gasteiger partial charge is 0.318 e. The van der Waals surface area contributed by atoms with E-state index in [0.29, 0.717) is 38.2 Å². The number of nitrogens with zero attached hydrogens (tertiary/aromatic N) is 7. The van der Waals surface area contributed by atoms with Crippen LogP contribution in [-0.2, 0) is 17.8 Å². The Balaban J connectivity index is 1.32. The van der Waals surface area contributed by atoms with Crippen LogP contribution in [-0.4, -0.2) is 84.1 Å². The highest BCUT2D eigenvalue weighted by atomic mass is 16.5. The average molecular weight is 552 g/mol. The molecule has 1 aliphatic carbocycles. The minimum Gasteiger partial charge on any atom is -0.460 e. The fourth-order valence-electron chi connectivity index (χ4n) is 6.33. The second-order valence-electron chi connectivity index (χ2n) is 11.5. The van der Waals surface area contributed by atoms with Crippen LogP contribution in [0.5, 0.6) is 6.01 Å². The number of fused-ring (bicyclic) bond motifs is 2. The summed E-state index contributed by atoms with van der Waals surface area (Å²) in [6.07, 6.45) is 4.40. The van der Waals surface area contributed by atoms with Gasteiger partial charge in [0, 0.05) is 61.7 Å². The molecule has 0 bridgehead atoms. The maximum atomic E-state index is 12.5. The van der Waals surface area contributed by atoms with Crippen molar-refractivity contribution in [3.63, 3.8) is 0 Å². The van der Waals surface area contributed by atoms with E-state index in [2.05, 4.69) is 83.9 Å². The lowest BCUT2D eigenvalue weighted by Gasteiger charge is -2.42. The Morgan fingerprint density at radius 3 is 2.71 bits per heavy atom. The second-order valence-corrected chi connectivity index (χ2v) is 11.5. The maximum Gasteiger partial charge on any atom is 0.318 e. The van der Waals surface area contributed by atoms with Crippen molar-refractivity contribution in [2.45, 2.75) is 50.4 Å². The summed E-state index contributed by atoms with van der Waals surface area (Å²) < 4.78 is 6.37. The highest BCUT2D eigenvalue weighted by Crippen LogP contribution is 2.36. The van der Waals surface area contributed by atoms with Gasteiger partial charge in [-0.2, -0.15) is 15.2 Å². The van der Waals surface area contributed by atoms with Gasteiger partial charge in [0.15, 0.2) is 0 Å². The molecule has 9 heteroatoms. The molecule has 1 unspecified atom stereocenters. The largest absolute Gasteiger partial charge is 0.460 e. The predicted octanol–water partition coefficient (Wildman–Crippen LogP) is 3.78. The van der Waals surface area contributed by atoms with E-state index >= 15 is 0 Å². The van der Waals surface area contributed by atoms with Crippen LogP contribution in [0.15, 0.2) is 55.1 Å². The van der Waals surface area contributed by atoms with Crippen molar-refractivity contribution in [1.29, 1.82) is 5.26 Å². The Morgan fingerprint density at radius 1 is 1.12 bits per heavy atom. The van der Waals surface area contributed by atoms with E-state index in [0.717, 1.165) is 42.9 Å². The number of nitriles is 1. The van der Waals surface area contributed by atoms with Gasteiger partial charge in [-0.3, -0.25) is 4.79 Å². The molecule has 3 aromatic rings. The van der Waals surface area contributed by atoms with Gasteiger partial charge in [-0.15, -0.1) is 0 Å². The third-order valence-corrected chi connectivity index (χ3v) is 8.77. The molecule has 2 fully saturated rings. The van der Waals surface area contributed by atoms with E-state index < -0.39 is 0 Å².